The number of benzene rings is 2. The van der Waals surface area contributed by atoms with Crippen LogP contribution >= 0.6 is 23.2 Å². The lowest BCUT2D eigenvalue weighted by atomic mass is 9.86. The maximum atomic E-state index is 12.6. The van der Waals surface area contributed by atoms with Gasteiger partial charge in [-0.2, -0.15) is 0 Å². The highest BCUT2D eigenvalue weighted by molar-refractivity contribution is 7.92. The fourth-order valence-corrected chi connectivity index (χ4v) is 4.01. The van der Waals surface area contributed by atoms with Crippen LogP contribution in [0, 0.1) is 0 Å². The molecule has 2 rings (SSSR count). The van der Waals surface area contributed by atoms with Gasteiger partial charge in [0.2, 0.25) is 0 Å². The molecule has 23 heavy (non-hydrogen) atoms. The maximum absolute atomic E-state index is 12.6. The zero-order valence-electron chi connectivity index (χ0n) is 12.9. The summed E-state index contributed by atoms with van der Waals surface area (Å²) in [5.74, 6) is -0.531. The molecule has 0 unspecified atom stereocenters. The van der Waals surface area contributed by atoms with Crippen LogP contribution in [-0.4, -0.2) is 13.5 Å². The summed E-state index contributed by atoms with van der Waals surface area (Å²) in [5.41, 5.74) is 1.01. The van der Waals surface area contributed by atoms with E-state index in [4.69, 9.17) is 23.2 Å². The normalized spacial score (nSPS) is 12.2. The first-order chi connectivity index (χ1) is 10.5. The third kappa shape index (κ3) is 3.91. The minimum Gasteiger partial charge on any atom is -0.505 e. The summed E-state index contributed by atoms with van der Waals surface area (Å²) in [6.07, 6.45) is 0. The Morgan fingerprint density at radius 2 is 1.70 bits per heavy atom. The largest absolute Gasteiger partial charge is 0.505 e. The maximum Gasteiger partial charge on any atom is 0.265 e. The van der Waals surface area contributed by atoms with Crippen LogP contribution in [0.1, 0.15) is 26.3 Å². The zero-order chi connectivity index (χ0) is 17.4. The molecule has 0 saturated carbocycles. The smallest absolute Gasteiger partial charge is 0.265 e. The third-order valence-electron chi connectivity index (χ3n) is 3.26. The molecule has 0 bridgehead atoms. The van der Waals surface area contributed by atoms with Gasteiger partial charge in [0.25, 0.3) is 10.0 Å². The van der Waals surface area contributed by atoms with Crippen molar-refractivity contribution in [2.75, 3.05) is 4.72 Å². The second-order valence-electron chi connectivity index (χ2n) is 6.14. The molecule has 2 aromatic rings. The molecule has 0 atom stereocenters. The van der Waals surface area contributed by atoms with Gasteiger partial charge < -0.3 is 5.11 Å². The van der Waals surface area contributed by atoms with E-state index >= 15 is 0 Å². The lowest BCUT2D eigenvalue weighted by Crippen LogP contribution is -2.19. The van der Waals surface area contributed by atoms with Crippen molar-refractivity contribution in [3.8, 4) is 5.75 Å². The molecule has 0 aromatic heterocycles. The van der Waals surface area contributed by atoms with Crippen LogP contribution in [0.5, 0.6) is 5.75 Å². The lowest BCUT2D eigenvalue weighted by molar-refractivity contribution is 0.459. The Balaban J connectivity index is 2.53. The molecule has 0 aliphatic carbocycles. The topological polar surface area (TPSA) is 66.4 Å². The summed E-state index contributed by atoms with van der Waals surface area (Å²) in [7, 11) is -4.04. The Morgan fingerprint density at radius 1 is 1.09 bits per heavy atom. The minimum absolute atomic E-state index is 0.122. The number of phenolic OH excluding ortho intramolecular Hbond substituents is 1. The predicted octanol–water partition coefficient (Wildman–Crippen LogP) is 4.80. The van der Waals surface area contributed by atoms with Gasteiger partial charge >= 0.3 is 0 Å². The molecule has 0 aliphatic rings. The first-order valence-corrected chi connectivity index (χ1v) is 9.06. The number of sulfonamides is 1. The molecule has 0 aliphatic heterocycles. The van der Waals surface area contributed by atoms with Crippen molar-refractivity contribution < 1.29 is 13.5 Å². The number of anilines is 1. The van der Waals surface area contributed by atoms with Crippen molar-refractivity contribution in [2.24, 2.45) is 0 Å². The van der Waals surface area contributed by atoms with E-state index in [-0.39, 0.29) is 20.4 Å². The van der Waals surface area contributed by atoms with Gasteiger partial charge in [0.05, 0.1) is 10.7 Å². The summed E-state index contributed by atoms with van der Waals surface area (Å²) in [6, 6.07) is 9.53. The van der Waals surface area contributed by atoms with E-state index in [9.17, 15) is 13.5 Å². The van der Waals surface area contributed by atoms with E-state index in [2.05, 4.69) is 4.72 Å². The van der Waals surface area contributed by atoms with Crippen molar-refractivity contribution in [1.29, 1.82) is 0 Å². The van der Waals surface area contributed by atoms with Crippen LogP contribution in [0.15, 0.2) is 41.3 Å². The number of hydrogen-bond donors (Lipinski definition) is 2. The summed E-state index contributed by atoms with van der Waals surface area (Å²) < 4.78 is 27.7. The van der Waals surface area contributed by atoms with Crippen LogP contribution in [-0.2, 0) is 15.4 Å². The highest BCUT2D eigenvalue weighted by atomic mass is 35.5. The van der Waals surface area contributed by atoms with Crippen molar-refractivity contribution in [3.05, 3.63) is 52.0 Å². The molecule has 4 nitrogen and oxygen atoms in total. The molecule has 0 saturated heterocycles. The van der Waals surface area contributed by atoms with E-state index in [0.29, 0.717) is 5.69 Å². The van der Waals surface area contributed by atoms with E-state index < -0.39 is 15.8 Å². The molecule has 0 heterocycles. The van der Waals surface area contributed by atoms with Gasteiger partial charge in [-0.3, -0.25) is 4.72 Å². The predicted molar refractivity (Wildman–Crippen MR) is 94.1 cm³/mol. The monoisotopic (exact) mass is 373 g/mol. The standard InChI is InChI=1S/C16H17Cl2NO3S/c1-16(2,3)11-6-4-5-7-13(11)19-23(21,22)14-9-10(17)8-12(18)15(14)20/h4-9,19-20H,1-3H3. The Morgan fingerprint density at radius 3 is 2.30 bits per heavy atom. The Labute approximate surface area is 146 Å². The van der Waals surface area contributed by atoms with Crippen LogP contribution in [0.3, 0.4) is 0 Å². The van der Waals surface area contributed by atoms with Crippen LogP contribution in [0.2, 0.25) is 10.0 Å². The molecular weight excluding hydrogens is 357 g/mol. The van der Waals surface area contributed by atoms with Gasteiger partial charge in [-0.05, 0) is 29.2 Å². The number of rotatable bonds is 3. The van der Waals surface area contributed by atoms with Gasteiger partial charge in [0, 0.05) is 5.02 Å². The lowest BCUT2D eigenvalue weighted by Gasteiger charge is -2.23. The van der Waals surface area contributed by atoms with Crippen molar-refractivity contribution in [2.45, 2.75) is 31.1 Å². The summed E-state index contributed by atoms with van der Waals surface area (Å²) in [5, 5.41) is 9.95. The Bertz CT molecular complexity index is 843. The quantitative estimate of drug-likeness (QED) is 0.811. The number of phenols is 1. The van der Waals surface area contributed by atoms with E-state index in [1.807, 2.05) is 32.9 Å². The summed E-state index contributed by atoms with van der Waals surface area (Å²) in [6.45, 7) is 5.94. The van der Waals surface area contributed by atoms with Crippen LogP contribution in [0.25, 0.3) is 0 Å². The van der Waals surface area contributed by atoms with Gasteiger partial charge in [0.15, 0.2) is 5.75 Å². The van der Waals surface area contributed by atoms with Gasteiger partial charge in [-0.25, -0.2) is 8.42 Å². The molecule has 7 heteroatoms. The summed E-state index contributed by atoms with van der Waals surface area (Å²) in [4.78, 5) is -0.362. The number of para-hydroxylation sites is 1. The molecule has 0 amide bonds. The van der Waals surface area contributed by atoms with Crippen LogP contribution < -0.4 is 4.72 Å². The number of hydrogen-bond acceptors (Lipinski definition) is 3. The second-order valence-corrected chi connectivity index (χ2v) is 8.63. The molecular formula is C16H17Cl2NO3S. The van der Waals surface area contributed by atoms with Crippen LogP contribution in [0.4, 0.5) is 5.69 Å². The van der Waals surface area contributed by atoms with E-state index in [1.54, 1.807) is 12.1 Å². The van der Waals surface area contributed by atoms with Crippen molar-refractivity contribution >= 4 is 38.9 Å². The number of aromatic hydroxyl groups is 1. The SMILES string of the molecule is CC(C)(C)c1ccccc1NS(=O)(=O)c1cc(Cl)cc(Cl)c1O. The molecule has 2 aromatic carbocycles. The number of halogens is 2. The minimum atomic E-state index is -4.04. The van der Waals surface area contributed by atoms with Crippen molar-refractivity contribution in [1.82, 2.24) is 0 Å². The molecule has 0 radical (unpaired) electrons. The van der Waals surface area contributed by atoms with Gasteiger partial charge in [-0.1, -0.05) is 62.2 Å². The fourth-order valence-electron chi connectivity index (χ4n) is 2.17. The fraction of sp³-hybridized carbons (Fsp3) is 0.250. The second kappa shape index (κ2) is 6.23. The van der Waals surface area contributed by atoms with E-state index in [0.717, 1.165) is 11.6 Å². The average Bonchev–Trinajstić information content (AvgIpc) is 2.41. The first kappa shape index (κ1) is 17.9. The van der Waals surface area contributed by atoms with Gasteiger partial charge in [0.1, 0.15) is 4.90 Å². The molecule has 0 fully saturated rings. The molecule has 124 valence electrons. The third-order valence-corrected chi connectivity index (χ3v) is 5.15. The highest BCUT2D eigenvalue weighted by Gasteiger charge is 2.25. The molecule has 2 N–H and O–H groups in total. The van der Waals surface area contributed by atoms with Crippen molar-refractivity contribution in [3.63, 3.8) is 0 Å². The van der Waals surface area contributed by atoms with Gasteiger partial charge in [-0.15, -0.1) is 0 Å². The number of nitrogens with one attached hydrogen (secondary N) is 1. The Hall–Kier alpha value is -1.43. The zero-order valence-corrected chi connectivity index (χ0v) is 15.2. The first-order valence-electron chi connectivity index (χ1n) is 6.83. The highest BCUT2D eigenvalue weighted by Crippen LogP contribution is 2.36. The average molecular weight is 374 g/mol. The summed E-state index contributed by atoms with van der Waals surface area (Å²) >= 11 is 11.7. The Kier molecular flexibility index (Phi) is 4.85. The molecule has 0 spiro atoms. The van der Waals surface area contributed by atoms with E-state index in [1.165, 1.54) is 6.07 Å².